The highest BCUT2D eigenvalue weighted by Crippen LogP contribution is 2.33. The lowest BCUT2D eigenvalue weighted by atomic mass is 9.82. The van der Waals surface area contributed by atoms with Gasteiger partial charge in [0.05, 0.1) is 49.1 Å². The Balaban J connectivity index is 0.000000274. The van der Waals surface area contributed by atoms with Gasteiger partial charge < -0.3 is 14.2 Å². The van der Waals surface area contributed by atoms with Crippen molar-refractivity contribution in [3.63, 3.8) is 0 Å². The number of benzene rings is 1. The van der Waals surface area contributed by atoms with Gasteiger partial charge in [0.2, 0.25) is 0 Å². The highest BCUT2D eigenvalue weighted by Gasteiger charge is 2.30. The molecule has 3 fully saturated rings. The van der Waals surface area contributed by atoms with Crippen molar-refractivity contribution in [2.75, 3.05) is 37.1 Å². The van der Waals surface area contributed by atoms with E-state index in [0.717, 1.165) is 61.2 Å². The topological polar surface area (TPSA) is 122 Å². The molecular weight excluding hydrogens is 780 g/mol. The lowest BCUT2D eigenvalue weighted by Crippen LogP contribution is -2.27. The highest BCUT2D eigenvalue weighted by molar-refractivity contribution is 9.09. The van der Waals surface area contributed by atoms with E-state index in [9.17, 15) is 22.8 Å². The summed E-state index contributed by atoms with van der Waals surface area (Å²) < 4.78 is 44.7. The molecule has 4 rings (SSSR count). The number of esters is 3. The normalized spacial score (nSPS) is 25.3. The predicted molar refractivity (Wildman–Crippen MR) is 198 cm³/mol. The molecule has 0 amide bonds. The summed E-state index contributed by atoms with van der Waals surface area (Å²) in [7, 11) is -3.74. The Morgan fingerprint density at radius 2 is 1.00 bits per heavy atom. The van der Waals surface area contributed by atoms with Crippen LogP contribution >= 0.6 is 31.9 Å². The van der Waals surface area contributed by atoms with Gasteiger partial charge in [-0.3, -0.25) is 18.6 Å². The largest absolute Gasteiger partial charge is 0.466 e. The first-order valence-corrected chi connectivity index (χ1v) is 21.7. The Morgan fingerprint density at radius 1 is 0.633 bits per heavy atom. The summed E-state index contributed by atoms with van der Waals surface area (Å²) in [5.41, 5.74) is 0.994. The zero-order chi connectivity index (χ0) is 36.2. The summed E-state index contributed by atoms with van der Waals surface area (Å²) in [4.78, 5) is 34.8. The highest BCUT2D eigenvalue weighted by atomic mass is 79.9. The van der Waals surface area contributed by atoms with Gasteiger partial charge in [-0.15, -0.1) is 0 Å². The Hall–Kier alpha value is -1.50. The Labute approximate surface area is 311 Å². The number of carbonyl (C=O) groups excluding carboxylic acids is 3. The van der Waals surface area contributed by atoms with Crippen molar-refractivity contribution in [3.8, 4) is 0 Å². The Bertz CT molecular complexity index is 1190. The van der Waals surface area contributed by atoms with Crippen LogP contribution in [0.4, 0.5) is 0 Å². The number of ether oxygens (including phenoxy) is 3. The van der Waals surface area contributed by atoms with Crippen LogP contribution in [0.25, 0.3) is 0 Å². The summed E-state index contributed by atoms with van der Waals surface area (Å²) >= 11 is 6.95. The van der Waals surface area contributed by atoms with Gasteiger partial charge in [-0.1, -0.05) is 68.8 Å². The first-order valence-electron chi connectivity index (χ1n) is 18.1. The zero-order valence-corrected chi connectivity index (χ0v) is 33.8. The van der Waals surface area contributed by atoms with Crippen LogP contribution in [0.3, 0.4) is 0 Å². The molecule has 1 aromatic rings. The summed E-state index contributed by atoms with van der Waals surface area (Å²) in [5.74, 6) is 1.43. The minimum absolute atomic E-state index is 0.00755. The van der Waals surface area contributed by atoms with Gasteiger partial charge in [-0.25, -0.2) is 0 Å². The van der Waals surface area contributed by atoms with E-state index in [0.29, 0.717) is 38.1 Å². The number of hydrogen-bond donors (Lipinski definition) is 0. The molecule has 0 spiro atoms. The molecule has 1 aromatic carbocycles. The van der Waals surface area contributed by atoms with E-state index in [2.05, 4.69) is 31.9 Å². The first kappa shape index (κ1) is 43.7. The molecule has 0 aromatic heterocycles. The number of rotatable bonds is 12. The van der Waals surface area contributed by atoms with E-state index >= 15 is 0 Å². The molecule has 280 valence electrons. The fourth-order valence-electron chi connectivity index (χ4n) is 6.69. The Kier molecular flexibility index (Phi) is 21.3. The maximum Gasteiger partial charge on any atom is 0.308 e. The van der Waals surface area contributed by atoms with E-state index in [4.69, 9.17) is 18.4 Å². The SMILES string of the molecule is CCOC(=O)C1CCCC(COS(=O)(=O)c2ccc(C)cc2)C1.CCOC(=O)[C@@H]1CCC[C@@H](CBr)C1.CCOC(=O)[C@@H]1CCC[C@H](CBr)C1. The molecule has 9 nitrogen and oxygen atoms in total. The van der Waals surface area contributed by atoms with E-state index in [1.807, 2.05) is 20.8 Å². The van der Waals surface area contributed by atoms with Crippen molar-refractivity contribution >= 4 is 59.9 Å². The first-order chi connectivity index (χ1) is 23.5. The number of aryl methyl sites for hydroxylation is 1. The summed E-state index contributed by atoms with van der Waals surface area (Å²) in [6, 6.07) is 6.58. The average molecular weight is 839 g/mol. The van der Waals surface area contributed by atoms with E-state index in [-0.39, 0.29) is 53.1 Å². The second kappa shape index (κ2) is 23.9. The van der Waals surface area contributed by atoms with Crippen molar-refractivity contribution in [3.05, 3.63) is 29.8 Å². The lowest BCUT2D eigenvalue weighted by Gasteiger charge is -2.27. The fraction of sp³-hybridized carbons (Fsp3) is 0.757. The summed E-state index contributed by atoms with van der Waals surface area (Å²) in [6.07, 6.45) is 12.1. The lowest BCUT2D eigenvalue weighted by molar-refractivity contribution is -0.150. The number of alkyl halides is 2. The summed E-state index contributed by atoms with van der Waals surface area (Å²) in [6.45, 7) is 8.92. The minimum atomic E-state index is -3.74. The smallest absolute Gasteiger partial charge is 0.308 e. The third-order valence-electron chi connectivity index (χ3n) is 9.41. The van der Waals surface area contributed by atoms with Gasteiger partial charge in [0.1, 0.15) is 0 Å². The molecule has 0 bridgehead atoms. The minimum Gasteiger partial charge on any atom is -0.466 e. The zero-order valence-electron chi connectivity index (χ0n) is 29.8. The van der Waals surface area contributed by atoms with Crippen LogP contribution in [0.15, 0.2) is 29.2 Å². The number of carbonyl (C=O) groups is 3. The van der Waals surface area contributed by atoms with Gasteiger partial charge >= 0.3 is 17.9 Å². The molecule has 3 saturated carbocycles. The molecule has 6 atom stereocenters. The van der Waals surface area contributed by atoms with Crippen LogP contribution < -0.4 is 0 Å². The molecule has 0 radical (unpaired) electrons. The number of hydrogen-bond acceptors (Lipinski definition) is 9. The molecule has 2 unspecified atom stereocenters. The molecular formula is C37H58Br2O9S. The molecule has 49 heavy (non-hydrogen) atoms. The van der Waals surface area contributed by atoms with E-state index in [1.54, 1.807) is 31.2 Å². The van der Waals surface area contributed by atoms with Crippen molar-refractivity contribution in [2.24, 2.45) is 35.5 Å². The van der Waals surface area contributed by atoms with Crippen molar-refractivity contribution < 1.29 is 41.2 Å². The second-order valence-electron chi connectivity index (χ2n) is 13.3. The molecule has 3 aliphatic rings. The number of halogens is 2. The maximum atomic E-state index is 12.2. The van der Waals surface area contributed by atoms with Gasteiger partial charge in [0, 0.05) is 10.7 Å². The molecule has 0 saturated heterocycles. The van der Waals surface area contributed by atoms with Gasteiger partial charge in [0.15, 0.2) is 0 Å². The van der Waals surface area contributed by atoms with E-state index in [1.165, 1.54) is 25.7 Å². The molecule has 0 N–H and O–H groups in total. The van der Waals surface area contributed by atoms with Gasteiger partial charge in [0.25, 0.3) is 10.1 Å². The van der Waals surface area contributed by atoms with Crippen molar-refractivity contribution in [1.82, 2.24) is 0 Å². The van der Waals surface area contributed by atoms with Crippen LogP contribution in [0.2, 0.25) is 0 Å². The average Bonchev–Trinajstić information content (AvgIpc) is 3.12. The second-order valence-corrected chi connectivity index (χ2v) is 16.2. The van der Waals surface area contributed by atoms with E-state index < -0.39 is 10.1 Å². The van der Waals surface area contributed by atoms with Crippen LogP contribution in [0.1, 0.15) is 103 Å². The van der Waals surface area contributed by atoms with Crippen LogP contribution in [0.5, 0.6) is 0 Å². The van der Waals surface area contributed by atoms with Crippen LogP contribution in [-0.4, -0.2) is 63.4 Å². The fourth-order valence-corrected chi connectivity index (χ4v) is 8.84. The molecule has 0 aliphatic heterocycles. The quantitative estimate of drug-likeness (QED) is 0.0882. The van der Waals surface area contributed by atoms with Crippen molar-refractivity contribution in [2.45, 2.75) is 110 Å². The van der Waals surface area contributed by atoms with Gasteiger partial charge in [-0.05, 0) is 115 Å². The predicted octanol–water partition coefficient (Wildman–Crippen LogP) is 8.57. The van der Waals surface area contributed by atoms with Crippen LogP contribution in [-0.2, 0) is 42.9 Å². The molecule has 3 aliphatic carbocycles. The summed E-state index contributed by atoms with van der Waals surface area (Å²) in [5, 5.41) is 2.03. The monoisotopic (exact) mass is 836 g/mol. The molecule has 12 heteroatoms. The third-order valence-corrected chi connectivity index (χ3v) is 12.5. The molecule has 0 heterocycles. The Morgan fingerprint density at radius 3 is 1.37 bits per heavy atom. The van der Waals surface area contributed by atoms with Crippen LogP contribution in [0, 0.1) is 42.4 Å². The third kappa shape index (κ3) is 16.2. The van der Waals surface area contributed by atoms with Gasteiger partial charge in [-0.2, -0.15) is 8.42 Å². The maximum absolute atomic E-state index is 12.2. The van der Waals surface area contributed by atoms with Crippen molar-refractivity contribution in [1.29, 1.82) is 0 Å². The standard InChI is InChI=1S/C17H24O5S.2C10H17BrO2/c1-3-21-17(18)15-6-4-5-14(11-15)12-22-23(19,20)16-9-7-13(2)8-10-16;2*1-2-13-10(12)9-5-3-4-8(6-9)7-11/h7-10,14-15H,3-6,11-12H2,1-2H3;2*8-9H,2-7H2,1H3/t;8-,9+;8-,9-/m.01/s1.